The zero-order valence-corrected chi connectivity index (χ0v) is 14.9. The molecule has 5 heteroatoms. The van der Waals surface area contributed by atoms with Gasteiger partial charge in [-0.3, -0.25) is 9.69 Å². The van der Waals surface area contributed by atoms with Gasteiger partial charge in [0, 0.05) is 28.8 Å². The molecule has 0 radical (unpaired) electrons. The number of nitrogens with one attached hydrogen (secondary N) is 1. The number of benzene rings is 2. The van der Waals surface area contributed by atoms with Gasteiger partial charge in [-0.05, 0) is 49.2 Å². The molecule has 2 aromatic carbocycles. The molecule has 0 aliphatic carbocycles. The molecule has 126 valence electrons. The van der Waals surface area contributed by atoms with E-state index in [0.29, 0.717) is 5.02 Å². The van der Waals surface area contributed by atoms with Crippen LogP contribution in [0.2, 0.25) is 10.0 Å². The second-order valence-corrected chi connectivity index (χ2v) is 7.01. The van der Waals surface area contributed by atoms with Gasteiger partial charge >= 0.3 is 0 Å². The van der Waals surface area contributed by atoms with Gasteiger partial charge in [-0.1, -0.05) is 47.5 Å². The smallest absolute Gasteiger partial charge is 0.228 e. The van der Waals surface area contributed by atoms with Crippen molar-refractivity contribution in [3.63, 3.8) is 0 Å². The molecular formula is C19H20Cl2N2O. The Morgan fingerprint density at radius 2 is 2.00 bits per heavy atom. The fourth-order valence-electron chi connectivity index (χ4n) is 3.09. The average Bonchev–Trinajstić information content (AvgIpc) is 2.57. The minimum atomic E-state index is -0.0137. The van der Waals surface area contributed by atoms with Crippen LogP contribution in [0.4, 0.5) is 5.69 Å². The summed E-state index contributed by atoms with van der Waals surface area (Å²) < 4.78 is 0. The van der Waals surface area contributed by atoms with Crippen molar-refractivity contribution < 1.29 is 4.79 Å². The van der Waals surface area contributed by atoms with Gasteiger partial charge in [0.05, 0.1) is 5.92 Å². The van der Waals surface area contributed by atoms with Crippen LogP contribution < -0.4 is 5.32 Å². The van der Waals surface area contributed by atoms with E-state index in [4.69, 9.17) is 23.2 Å². The molecule has 1 saturated heterocycles. The molecule has 1 aliphatic rings. The molecule has 1 atom stereocenters. The Kier molecular flexibility index (Phi) is 5.77. The predicted molar refractivity (Wildman–Crippen MR) is 99.5 cm³/mol. The number of hydrogen-bond acceptors (Lipinski definition) is 2. The van der Waals surface area contributed by atoms with Gasteiger partial charge < -0.3 is 5.32 Å². The maximum absolute atomic E-state index is 12.5. The number of likely N-dealkylation sites (tertiary alicyclic amines) is 1. The summed E-state index contributed by atoms with van der Waals surface area (Å²) in [6.07, 6.45) is 1.92. The minimum absolute atomic E-state index is 0.0137. The number of amides is 1. The lowest BCUT2D eigenvalue weighted by atomic mass is 9.96. The number of carbonyl (C=O) groups excluding carboxylic acids is 1. The van der Waals surface area contributed by atoms with Crippen LogP contribution in [0.1, 0.15) is 18.4 Å². The fraction of sp³-hybridized carbons (Fsp3) is 0.316. The largest absolute Gasteiger partial charge is 0.326 e. The molecule has 1 unspecified atom stereocenters. The molecule has 3 rings (SSSR count). The first-order chi connectivity index (χ1) is 11.6. The number of anilines is 1. The van der Waals surface area contributed by atoms with Crippen molar-refractivity contribution in [1.29, 1.82) is 0 Å². The van der Waals surface area contributed by atoms with E-state index < -0.39 is 0 Å². The Hall–Kier alpha value is -1.55. The van der Waals surface area contributed by atoms with Crippen molar-refractivity contribution in [3.8, 4) is 0 Å². The van der Waals surface area contributed by atoms with E-state index >= 15 is 0 Å². The summed E-state index contributed by atoms with van der Waals surface area (Å²) in [5.41, 5.74) is 1.85. The number of hydrogen-bond donors (Lipinski definition) is 1. The highest BCUT2D eigenvalue weighted by Crippen LogP contribution is 2.23. The molecule has 0 aromatic heterocycles. The van der Waals surface area contributed by atoms with Gasteiger partial charge in [-0.15, -0.1) is 0 Å². The Bertz CT molecular complexity index is 720. The van der Waals surface area contributed by atoms with Crippen LogP contribution in [0.15, 0.2) is 48.5 Å². The molecular weight excluding hydrogens is 343 g/mol. The number of rotatable bonds is 4. The fourth-order valence-corrected chi connectivity index (χ4v) is 3.48. The third kappa shape index (κ3) is 4.50. The first kappa shape index (κ1) is 17.3. The highest BCUT2D eigenvalue weighted by Gasteiger charge is 2.26. The van der Waals surface area contributed by atoms with Crippen LogP contribution in [-0.4, -0.2) is 23.9 Å². The SMILES string of the molecule is O=C(Nc1cccc(Cl)c1)C1CCCN(Cc2ccccc2Cl)C1. The Morgan fingerprint density at radius 1 is 1.17 bits per heavy atom. The zero-order chi connectivity index (χ0) is 16.9. The summed E-state index contributed by atoms with van der Waals surface area (Å²) in [7, 11) is 0. The summed E-state index contributed by atoms with van der Waals surface area (Å²) in [6.45, 7) is 2.52. The molecule has 1 heterocycles. The van der Waals surface area contributed by atoms with Gasteiger partial charge in [0.25, 0.3) is 0 Å². The van der Waals surface area contributed by atoms with Crippen molar-refractivity contribution in [2.24, 2.45) is 5.92 Å². The number of nitrogens with zero attached hydrogens (tertiary/aromatic N) is 1. The van der Waals surface area contributed by atoms with Crippen molar-refractivity contribution in [3.05, 3.63) is 64.1 Å². The molecule has 0 spiro atoms. The van der Waals surface area contributed by atoms with Crippen LogP contribution in [0.25, 0.3) is 0 Å². The summed E-state index contributed by atoms with van der Waals surface area (Å²) in [6, 6.07) is 15.1. The third-order valence-corrected chi connectivity index (χ3v) is 4.92. The zero-order valence-electron chi connectivity index (χ0n) is 13.3. The lowest BCUT2D eigenvalue weighted by Gasteiger charge is -2.32. The van der Waals surface area contributed by atoms with E-state index in [1.54, 1.807) is 12.1 Å². The van der Waals surface area contributed by atoms with Crippen molar-refractivity contribution in [1.82, 2.24) is 4.90 Å². The molecule has 1 amide bonds. The molecule has 1 aliphatic heterocycles. The summed E-state index contributed by atoms with van der Waals surface area (Å²) >= 11 is 12.2. The Labute approximate surface area is 152 Å². The maximum atomic E-state index is 12.5. The monoisotopic (exact) mass is 362 g/mol. The highest BCUT2D eigenvalue weighted by molar-refractivity contribution is 6.31. The number of carbonyl (C=O) groups is 1. The maximum Gasteiger partial charge on any atom is 0.228 e. The van der Waals surface area contributed by atoms with E-state index in [1.807, 2.05) is 36.4 Å². The van der Waals surface area contributed by atoms with Crippen LogP contribution in [-0.2, 0) is 11.3 Å². The van der Waals surface area contributed by atoms with Gasteiger partial charge in [0.15, 0.2) is 0 Å². The second-order valence-electron chi connectivity index (χ2n) is 6.17. The summed E-state index contributed by atoms with van der Waals surface area (Å²) in [4.78, 5) is 14.8. The van der Waals surface area contributed by atoms with E-state index in [1.165, 1.54) is 0 Å². The van der Waals surface area contributed by atoms with Gasteiger partial charge in [-0.2, -0.15) is 0 Å². The molecule has 2 aromatic rings. The number of halogens is 2. The van der Waals surface area contributed by atoms with Crippen LogP contribution in [0.3, 0.4) is 0 Å². The average molecular weight is 363 g/mol. The van der Waals surface area contributed by atoms with Gasteiger partial charge in [-0.25, -0.2) is 0 Å². The van der Waals surface area contributed by atoms with E-state index in [2.05, 4.69) is 10.2 Å². The molecule has 0 saturated carbocycles. The van der Waals surface area contributed by atoms with Crippen LogP contribution in [0.5, 0.6) is 0 Å². The molecule has 24 heavy (non-hydrogen) atoms. The third-order valence-electron chi connectivity index (χ3n) is 4.32. The van der Waals surface area contributed by atoms with Gasteiger partial charge in [0.1, 0.15) is 0 Å². The minimum Gasteiger partial charge on any atom is -0.326 e. The lowest BCUT2D eigenvalue weighted by Crippen LogP contribution is -2.40. The summed E-state index contributed by atoms with van der Waals surface area (Å²) in [5, 5.41) is 4.37. The molecule has 0 bridgehead atoms. The lowest BCUT2D eigenvalue weighted by molar-refractivity contribution is -0.121. The van der Waals surface area contributed by atoms with E-state index in [9.17, 15) is 4.79 Å². The van der Waals surface area contributed by atoms with Crippen LogP contribution >= 0.6 is 23.2 Å². The quantitative estimate of drug-likeness (QED) is 0.843. The standard InChI is InChI=1S/C19H20Cl2N2O/c20-16-7-3-8-17(11-16)22-19(24)15-6-4-10-23(13-15)12-14-5-1-2-9-18(14)21/h1-3,5,7-9,11,15H,4,6,10,12-13H2,(H,22,24). The van der Waals surface area contributed by atoms with Crippen LogP contribution in [0, 0.1) is 5.92 Å². The summed E-state index contributed by atoms with van der Waals surface area (Å²) in [5.74, 6) is 0.0429. The first-order valence-electron chi connectivity index (χ1n) is 8.14. The Morgan fingerprint density at radius 3 is 2.79 bits per heavy atom. The molecule has 1 fully saturated rings. The number of piperidine rings is 1. The van der Waals surface area contributed by atoms with Crippen molar-refractivity contribution >= 4 is 34.8 Å². The predicted octanol–water partition coefficient (Wildman–Crippen LogP) is 4.84. The Balaban J connectivity index is 1.60. The van der Waals surface area contributed by atoms with Crippen molar-refractivity contribution in [2.45, 2.75) is 19.4 Å². The normalized spacial score (nSPS) is 18.3. The van der Waals surface area contributed by atoms with Gasteiger partial charge in [0.2, 0.25) is 5.91 Å². The molecule has 1 N–H and O–H groups in total. The highest BCUT2D eigenvalue weighted by atomic mass is 35.5. The first-order valence-corrected chi connectivity index (χ1v) is 8.89. The topological polar surface area (TPSA) is 32.3 Å². The van der Waals surface area contributed by atoms with E-state index in [0.717, 1.165) is 48.7 Å². The second kappa shape index (κ2) is 8.02. The molecule has 3 nitrogen and oxygen atoms in total. The van der Waals surface area contributed by atoms with Crippen molar-refractivity contribution in [2.75, 3.05) is 18.4 Å². The van der Waals surface area contributed by atoms with E-state index in [-0.39, 0.29) is 11.8 Å².